The fraction of sp³-hybridized carbons (Fsp3) is 0.0833. The van der Waals surface area contributed by atoms with Crippen LogP contribution in [-0.2, 0) is 0 Å². The van der Waals surface area contributed by atoms with E-state index in [0.717, 1.165) is 6.07 Å². The molecule has 0 aliphatic carbocycles. The van der Waals surface area contributed by atoms with Gasteiger partial charge in [-0.3, -0.25) is 0 Å². The van der Waals surface area contributed by atoms with Gasteiger partial charge in [0.1, 0.15) is 11.5 Å². The molecule has 0 bridgehead atoms. The first kappa shape index (κ1) is 13.5. The lowest BCUT2D eigenvalue weighted by atomic mass is 10.1. The fourth-order valence-electron chi connectivity index (χ4n) is 1.34. The van der Waals surface area contributed by atoms with Crippen LogP contribution >= 0.6 is 12.0 Å². The van der Waals surface area contributed by atoms with Crippen molar-refractivity contribution in [3.05, 3.63) is 52.9 Å². The number of hydrogen-bond acceptors (Lipinski definition) is 4. The van der Waals surface area contributed by atoms with E-state index in [1.54, 1.807) is 30.3 Å². The van der Waals surface area contributed by atoms with E-state index in [1.165, 1.54) is 6.07 Å². The zero-order chi connectivity index (χ0) is 13.9. The van der Waals surface area contributed by atoms with Crippen molar-refractivity contribution in [2.75, 3.05) is 0 Å². The Morgan fingerprint density at radius 2 is 1.79 bits per heavy atom. The van der Waals surface area contributed by atoms with Crippen molar-refractivity contribution >= 4 is 12.0 Å². The molecule has 0 spiro atoms. The minimum Gasteiger partial charge on any atom is -0.422 e. The maximum absolute atomic E-state index is 12.0. The highest BCUT2D eigenvalue weighted by Gasteiger charge is 2.31. The summed E-state index contributed by atoms with van der Waals surface area (Å²) >= 11 is -0.681. The second-order valence-corrected chi connectivity index (χ2v) is 4.25. The van der Waals surface area contributed by atoms with Crippen molar-refractivity contribution in [3.63, 3.8) is 0 Å². The van der Waals surface area contributed by atoms with E-state index in [-0.39, 0.29) is 11.5 Å². The van der Waals surface area contributed by atoms with Gasteiger partial charge in [0.2, 0.25) is 0 Å². The van der Waals surface area contributed by atoms with E-state index in [0.29, 0.717) is 5.56 Å². The topological polar surface area (TPSA) is 39.4 Å². The van der Waals surface area contributed by atoms with Gasteiger partial charge in [0.25, 0.3) is 0 Å². The highest BCUT2D eigenvalue weighted by Crippen LogP contribution is 2.33. The summed E-state index contributed by atoms with van der Waals surface area (Å²) in [4.78, 5) is 11.3. The molecule has 1 aromatic carbocycles. The Balaban J connectivity index is 2.28. The van der Waals surface area contributed by atoms with Crippen LogP contribution in [0.2, 0.25) is 0 Å². The van der Waals surface area contributed by atoms with Crippen LogP contribution in [-0.4, -0.2) is 5.51 Å². The molecule has 3 nitrogen and oxygen atoms in total. The summed E-state index contributed by atoms with van der Waals surface area (Å²) in [7, 11) is 0. The third kappa shape index (κ3) is 4.06. The normalized spacial score (nSPS) is 11.3. The molecule has 1 aromatic heterocycles. The van der Waals surface area contributed by atoms with Crippen LogP contribution in [0.1, 0.15) is 0 Å². The van der Waals surface area contributed by atoms with Gasteiger partial charge in [0, 0.05) is 11.6 Å². The van der Waals surface area contributed by atoms with Gasteiger partial charge >= 0.3 is 11.1 Å². The van der Waals surface area contributed by atoms with Crippen LogP contribution in [0.15, 0.2) is 51.7 Å². The molecular formula is C12H7F3O3S. The van der Waals surface area contributed by atoms with Gasteiger partial charge in [-0.05, 0) is 0 Å². The number of halogens is 3. The third-order valence-corrected chi connectivity index (χ3v) is 2.50. The minimum absolute atomic E-state index is 0.144. The molecule has 0 aliphatic rings. The second-order valence-electron chi connectivity index (χ2n) is 3.45. The van der Waals surface area contributed by atoms with E-state index in [4.69, 9.17) is 4.42 Å². The molecule has 7 heteroatoms. The Morgan fingerprint density at radius 1 is 1.11 bits per heavy atom. The molecule has 0 unspecified atom stereocenters. The average Bonchev–Trinajstić information content (AvgIpc) is 2.36. The molecule has 0 fully saturated rings. The standard InChI is InChI=1S/C12H7F3O3S/c13-12(14,15)19-18-9-6-10(17-11(16)7-9)8-4-2-1-3-5-8/h1-7H. The highest BCUT2D eigenvalue weighted by atomic mass is 32.2. The van der Waals surface area contributed by atoms with Gasteiger partial charge in [-0.2, -0.15) is 13.2 Å². The van der Waals surface area contributed by atoms with Gasteiger partial charge in [-0.1, -0.05) is 30.3 Å². The van der Waals surface area contributed by atoms with Gasteiger partial charge < -0.3 is 8.60 Å². The van der Waals surface area contributed by atoms with Gasteiger partial charge in [-0.25, -0.2) is 4.79 Å². The van der Waals surface area contributed by atoms with Gasteiger partial charge in [-0.15, -0.1) is 0 Å². The lowest BCUT2D eigenvalue weighted by Gasteiger charge is -2.07. The first-order valence-electron chi connectivity index (χ1n) is 5.07. The van der Waals surface area contributed by atoms with Crippen molar-refractivity contribution in [3.8, 4) is 17.1 Å². The maximum atomic E-state index is 12.0. The molecule has 19 heavy (non-hydrogen) atoms. The Labute approximate surface area is 110 Å². The van der Waals surface area contributed by atoms with Crippen LogP contribution in [0.25, 0.3) is 11.3 Å². The number of benzene rings is 1. The van der Waals surface area contributed by atoms with E-state index in [1.807, 2.05) is 0 Å². The van der Waals surface area contributed by atoms with E-state index >= 15 is 0 Å². The summed E-state index contributed by atoms with van der Waals surface area (Å²) in [5.41, 5.74) is -4.75. The average molecular weight is 288 g/mol. The second kappa shape index (κ2) is 5.40. The molecule has 0 N–H and O–H groups in total. The SMILES string of the molecule is O=c1cc(OSC(F)(F)F)cc(-c2ccccc2)o1. The van der Waals surface area contributed by atoms with E-state index in [2.05, 4.69) is 4.18 Å². The Hall–Kier alpha value is -1.89. The first-order valence-corrected chi connectivity index (χ1v) is 5.81. The first-order chi connectivity index (χ1) is 8.94. The summed E-state index contributed by atoms with van der Waals surface area (Å²) in [5, 5.41) is 0. The van der Waals surface area contributed by atoms with E-state index in [9.17, 15) is 18.0 Å². The molecule has 2 rings (SSSR count). The third-order valence-electron chi connectivity index (χ3n) is 2.03. The van der Waals surface area contributed by atoms with Crippen LogP contribution in [0, 0.1) is 0 Å². The Morgan fingerprint density at radius 3 is 2.42 bits per heavy atom. The van der Waals surface area contributed by atoms with Crippen molar-refractivity contribution in [2.24, 2.45) is 0 Å². The van der Waals surface area contributed by atoms with Crippen molar-refractivity contribution in [2.45, 2.75) is 5.51 Å². The zero-order valence-corrected chi connectivity index (χ0v) is 10.1. The number of hydrogen-bond donors (Lipinski definition) is 0. The Bertz CT molecular complexity index is 608. The number of alkyl halides is 3. The molecule has 0 amide bonds. The molecule has 0 radical (unpaired) electrons. The molecule has 0 atom stereocenters. The Kier molecular flexibility index (Phi) is 3.84. The summed E-state index contributed by atoms with van der Waals surface area (Å²) in [6.45, 7) is 0. The summed E-state index contributed by atoms with van der Waals surface area (Å²) in [5.74, 6) is -0.0664. The molecule has 0 aliphatic heterocycles. The van der Waals surface area contributed by atoms with Crippen LogP contribution in [0.3, 0.4) is 0 Å². The summed E-state index contributed by atoms with van der Waals surface area (Å²) in [6, 6.07) is 10.6. The molecule has 100 valence electrons. The molecule has 0 saturated heterocycles. The van der Waals surface area contributed by atoms with Gasteiger partial charge in [0.15, 0.2) is 12.0 Å². The van der Waals surface area contributed by atoms with Crippen LogP contribution < -0.4 is 9.81 Å². The summed E-state index contributed by atoms with van der Waals surface area (Å²) in [6.07, 6.45) is 0. The quantitative estimate of drug-likeness (QED) is 0.804. The van der Waals surface area contributed by atoms with Crippen molar-refractivity contribution in [1.29, 1.82) is 0 Å². The predicted molar refractivity (Wildman–Crippen MR) is 64.7 cm³/mol. The monoisotopic (exact) mass is 288 g/mol. The fourth-order valence-corrected chi connectivity index (χ4v) is 1.63. The van der Waals surface area contributed by atoms with Crippen LogP contribution in [0.5, 0.6) is 5.75 Å². The smallest absolute Gasteiger partial charge is 0.422 e. The minimum atomic E-state index is -4.54. The van der Waals surface area contributed by atoms with Gasteiger partial charge in [0.05, 0.1) is 6.07 Å². The molecule has 1 heterocycles. The van der Waals surface area contributed by atoms with E-state index < -0.39 is 23.2 Å². The van der Waals surface area contributed by atoms with Crippen molar-refractivity contribution < 1.29 is 21.8 Å². The largest absolute Gasteiger partial charge is 0.479 e. The molecular weight excluding hydrogens is 281 g/mol. The lowest BCUT2D eigenvalue weighted by molar-refractivity contribution is -0.0369. The van der Waals surface area contributed by atoms with Crippen molar-refractivity contribution in [1.82, 2.24) is 0 Å². The zero-order valence-electron chi connectivity index (χ0n) is 9.31. The summed E-state index contributed by atoms with van der Waals surface area (Å²) < 4.78 is 45.4. The molecule has 2 aromatic rings. The maximum Gasteiger partial charge on any atom is 0.479 e. The predicted octanol–water partition coefficient (Wildman–Crippen LogP) is 3.85. The number of rotatable bonds is 3. The van der Waals surface area contributed by atoms with Crippen LogP contribution in [0.4, 0.5) is 13.2 Å². The highest BCUT2D eigenvalue weighted by molar-refractivity contribution is 7.95. The lowest BCUT2D eigenvalue weighted by Crippen LogP contribution is -2.04. The molecule has 0 saturated carbocycles.